The van der Waals surface area contributed by atoms with Crippen molar-refractivity contribution in [3.63, 3.8) is 0 Å². The summed E-state index contributed by atoms with van der Waals surface area (Å²) in [5.41, 5.74) is 8.07. The number of aryl methyl sites for hydroxylation is 1. The fourth-order valence-corrected chi connectivity index (χ4v) is 1.74. The van der Waals surface area contributed by atoms with Crippen LogP contribution in [0.3, 0.4) is 0 Å². The minimum Gasteiger partial charge on any atom is -0.508 e. The van der Waals surface area contributed by atoms with Crippen molar-refractivity contribution in [3.05, 3.63) is 29.3 Å². The van der Waals surface area contributed by atoms with Gasteiger partial charge in [-0.15, -0.1) is 12.4 Å². The maximum atomic E-state index is 9.68. The van der Waals surface area contributed by atoms with E-state index in [1.54, 1.807) is 6.07 Å². The number of aromatic hydroxyl groups is 1. The Hall–Kier alpha value is -0.730. The Balaban J connectivity index is 0.00000225. The highest BCUT2D eigenvalue weighted by atomic mass is 35.5. The van der Waals surface area contributed by atoms with Gasteiger partial charge in [0.15, 0.2) is 0 Å². The smallest absolute Gasteiger partial charge is 0.120 e. The summed E-state index contributed by atoms with van der Waals surface area (Å²) in [5.74, 6) is 0.324. The first-order valence-corrected chi connectivity index (χ1v) is 5.70. The molecule has 1 aromatic rings. The van der Waals surface area contributed by atoms with Crippen molar-refractivity contribution in [2.45, 2.75) is 45.6 Å². The molecule has 0 aliphatic carbocycles. The first-order valence-electron chi connectivity index (χ1n) is 5.70. The fourth-order valence-electron chi connectivity index (χ4n) is 1.74. The van der Waals surface area contributed by atoms with Gasteiger partial charge in [-0.3, -0.25) is 0 Å². The van der Waals surface area contributed by atoms with Gasteiger partial charge in [0.05, 0.1) is 0 Å². The van der Waals surface area contributed by atoms with Gasteiger partial charge in [-0.2, -0.15) is 0 Å². The molecule has 0 saturated carbocycles. The minimum absolute atomic E-state index is 0. The summed E-state index contributed by atoms with van der Waals surface area (Å²) in [6.07, 6.45) is 4.49. The Morgan fingerprint density at radius 1 is 1.31 bits per heavy atom. The normalized spacial score (nSPS) is 11.9. The molecule has 3 N–H and O–H groups in total. The van der Waals surface area contributed by atoms with Crippen LogP contribution in [0.4, 0.5) is 0 Å². The Kier molecular flexibility index (Phi) is 7.18. The van der Waals surface area contributed by atoms with Crippen LogP contribution in [0.25, 0.3) is 0 Å². The lowest BCUT2D eigenvalue weighted by atomic mass is 9.99. The predicted octanol–water partition coefficient (Wildman–Crippen LogP) is 3.70. The average molecular weight is 244 g/mol. The van der Waals surface area contributed by atoms with Crippen molar-refractivity contribution in [2.24, 2.45) is 5.73 Å². The van der Waals surface area contributed by atoms with Gasteiger partial charge in [-0.25, -0.2) is 0 Å². The van der Waals surface area contributed by atoms with Crippen molar-refractivity contribution in [1.29, 1.82) is 0 Å². The van der Waals surface area contributed by atoms with Gasteiger partial charge in [-0.1, -0.05) is 43.9 Å². The summed E-state index contributed by atoms with van der Waals surface area (Å²) in [7, 11) is 0. The molecule has 0 saturated heterocycles. The van der Waals surface area contributed by atoms with Crippen LogP contribution in [0.5, 0.6) is 5.75 Å². The van der Waals surface area contributed by atoms with E-state index in [2.05, 4.69) is 6.92 Å². The molecule has 0 bridgehead atoms. The van der Waals surface area contributed by atoms with Crippen molar-refractivity contribution >= 4 is 12.4 Å². The maximum Gasteiger partial charge on any atom is 0.120 e. The molecule has 0 amide bonds. The van der Waals surface area contributed by atoms with E-state index in [9.17, 15) is 5.11 Å². The summed E-state index contributed by atoms with van der Waals surface area (Å²) < 4.78 is 0. The van der Waals surface area contributed by atoms with Crippen LogP contribution < -0.4 is 5.73 Å². The Labute approximate surface area is 104 Å². The molecule has 0 aliphatic rings. The second-order valence-corrected chi connectivity index (χ2v) is 4.16. The Morgan fingerprint density at radius 3 is 2.62 bits per heavy atom. The molecule has 0 aliphatic heterocycles. The van der Waals surface area contributed by atoms with Crippen LogP contribution in [0.2, 0.25) is 0 Å². The monoisotopic (exact) mass is 243 g/mol. The summed E-state index contributed by atoms with van der Waals surface area (Å²) >= 11 is 0. The predicted molar refractivity (Wildman–Crippen MR) is 71.2 cm³/mol. The third-order valence-corrected chi connectivity index (χ3v) is 2.70. The van der Waals surface area contributed by atoms with Crippen LogP contribution in [-0.4, -0.2) is 5.11 Å². The summed E-state index contributed by atoms with van der Waals surface area (Å²) in [4.78, 5) is 0. The number of phenolic OH excluding ortho intramolecular Hbond substituents is 1. The average Bonchev–Trinajstić information content (AvgIpc) is 2.22. The number of benzene rings is 1. The second-order valence-electron chi connectivity index (χ2n) is 4.16. The van der Waals surface area contributed by atoms with E-state index in [0.29, 0.717) is 5.75 Å². The number of hydrogen-bond acceptors (Lipinski definition) is 2. The van der Waals surface area contributed by atoms with Gasteiger partial charge < -0.3 is 10.8 Å². The van der Waals surface area contributed by atoms with E-state index in [1.807, 2.05) is 19.1 Å². The van der Waals surface area contributed by atoms with E-state index in [1.165, 1.54) is 12.8 Å². The third kappa shape index (κ3) is 4.42. The molecule has 0 spiro atoms. The molecule has 1 aromatic carbocycles. The Morgan fingerprint density at radius 2 is 2.00 bits per heavy atom. The molecule has 0 aromatic heterocycles. The summed E-state index contributed by atoms with van der Waals surface area (Å²) in [5, 5.41) is 9.68. The molecule has 0 fully saturated rings. The zero-order valence-corrected chi connectivity index (χ0v) is 10.9. The van der Waals surface area contributed by atoms with Gasteiger partial charge in [0.2, 0.25) is 0 Å². The van der Waals surface area contributed by atoms with E-state index in [0.717, 1.165) is 24.0 Å². The topological polar surface area (TPSA) is 46.2 Å². The highest BCUT2D eigenvalue weighted by molar-refractivity contribution is 5.85. The maximum absolute atomic E-state index is 9.68. The molecular formula is C13H22ClNO. The van der Waals surface area contributed by atoms with Gasteiger partial charge in [0.1, 0.15) is 5.75 Å². The molecule has 92 valence electrons. The first-order chi connectivity index (χ1) is 7.15. The van der Waals surface area contributed by atoms with Crippen LogP contribution >= 0.6 is 12.4 Å². The number of rotatable bonds is 5. The number of halogens is 1. The number of hydrogen-bond donors (Lipinski definition) is 2. The lowest BCUT2D eigenvalue weighted by molar-refractivity contribution is 0.455. The van der Waals surface area contributed by atoms with Gasteiger partial charge in [0, 0.05) is 11.6 Å². The lowest BCUT2D eigenvalue weighted by Crippen LogP contribution is -2.10. The summed E-state index contributed by atoms with van der Waals surface area (Å²) in [6, 6.07) is 5.57. The van der Waals surface area contributed by atoms with E-state index in [-0.39, 0.29) is 18.4 Å². The van der Waals surface area contributed by atoms with Crippen LogP contribution in [0.15, 0.2) is 18.2 Å². The van der Waals surface area contributed by atoms with Gasteiger partial charge >= 0.3 is 0 Å². The molecule has 16 heavy (non-hydrogen) atoms. The quantitative estimate of drug-likeness (QED) is 0.775. The lowest BCUT2D eigenvalue weighted by Gasteiger charge is -2.14. The molecule has 1 rings (SSSR count). The molecule has 0 heterocycles. The number of unbranched alkanes of at least 4 members (excludes halogenated alkanes) is 2. The molecule has 0 unspecified atom stereocenters. The van der Waals surface area contributed by atoms with E-state index in [4.69, 9.17) is 5.73 Å². The van der Waals surface area contributed by atoms with Gasteiger partial charge in [0.25, 0.3) is 0 Å². The standard InChI is InChI=1S/C13H21NO.ClH/c1-3-4-5-6-12(14)11-9-10(2)7-8-13(11)15;/h7-9,12,15H,3-6,14H2,1-2H3;1H/t12-;/m1./s1. The highest BCUT2D eigenvalue weighted by Crippen LogP contribution is 2.26. The highest BCUT2D eigenvalue weighted by Gasteiger charge is 2.10. The zero-order chi connectivity index (χ0) is 11.3. The molecule has 1 atom stereocenters. The molecule has 2 nitrogen and oxygen atoms in total. The van der Waals surface area contributed by atoms with Gasteiger partial charge in [-0.05, 0) is 19.4 Å². The van der Waals surface area contributed by atoms with Crippen LogP contribution in [0.1, 0.15) is 49.8 Å². The van der Waals surface area contributed by atoms with Crippen molar-refractivity contribution in [2.75, 3.05) is 0 Å². The van der Waals surface area contributed by atoms with Crippen LogP contribution in [-0.2, 0) is 0 Å². The molecular weight excluding hydrogens is 222 g/mol. The zero-order valence-electron chi connectivity index (χ0n) is 10.1. The first kappa shape index (κ1) is 15.3. The molecule has 3 heteroatoms. The van der Waals surface area contributed by atoms with Crippen molar-refractivity contribution in [3.8, 4) is 5.75 Å². The minimum atomic E-state index is -0.0311. The third-order valence-electron chi connectivity index (χ3n) is 2.70. The fraction of sp³-hybridized carbons (Fsp3) is 0.538. The van der Waals surface area contributed by atoms with E-state index < -0.39 is 0 Å². The number of nitrogens with two attached hydrogens (primary N) is 1. The second kappa shape index (κ2) is 7.53. The summed E-state index contributed by atoms with van der Waals surface area (Å²) in [6.45, 7) is 4.19. The largest absolute Gasteiger partial charge is 0.508 e. The van der Waals surface area contributed by atoms with Crippen LogP contribution in [0, 0.1) is 6.92 Å². The Bertz CT molecular complexity index is 315. The number of phenols is 1. The van der Waals surface area contributed by atoms with E-state index >= 15 is 0 Å². The molecule has 0 radical (unpaired) electrons. The van der Waals surface area contributed by atoms with Crippen molar-refractivity contribution in [1.82, 2.24) is 0 Å². The van der Waals surface area contributed by atoms with Crippen molar-refractivity contribution < 1.29 is 5.11 Å². The SMILES string of the molecule is CCCCC[C@@H](N)c1cc(C)ccc1O.Cl.